The van der Waals surface area contributed by atoms with Gasteiger partial charge in [-0.2, -0.15) is 0 Å². The molecule has 1 aliphatic rings. The SMILES string of the molecule is CC(=O)[C@H](C(=O)CNc1ncc([N+](=O)[O-])s1)C1=C(Cl)C(=O)c2ccccc2C1=O. The third-order valence-corrected chi connectivity index (χ3v) is 5.48. The first kappa shape index (κ1) is 20.5. The van der Waals surface area contributed by atoms with Crippen molar-refractivity contribution in [1.82, 2.24) is 4.98 Å². The van der Waals surface area contributed by atoms with Gasteiger partial charge in [0.15, 0.2) is 16.7 Å². The third-order valence-electron chi connectivity index (χ3n) is 4.20. The average molecular weight is 434 g/mol. The Balaban J connectivity index is 1.89. The molecule has 29 heavy (non-hydrogen) atoms. The van der Waals surface area contributed by atoms with Crippen LogP contribution in [-0.2, 0) is 9.59 Å². The summed E-state index contributed by atoms with van der Waals surface area (Å²) in [5, 5.41) is 12.7. The van der Waals surface area contributed by atoms with E-state index in [4.69, 9.17) is 11.6 Å². The Kier molecular flexibility index (Phi) is 5.66. The molecule has 148 valence electrons. The van der Waals surface area contributed by atoms with Gasteiger partial charge >= 0.3 is 5.00 Å². The molecule has 1 atom stereocenters. The number of thiazole rings is 1. The minimum Gasteiger partial charge on any atom is -0.354 e. The monoisotopic (exact) mass is 433 g/mol. The smallest absolute Gasteiger partial charge is 0.345 e. The molecule has 0 spiro atoms. The van der Waals surface area contributed by atoms with Crippen LogP contribution in [0.25, 0.3) is 0 Å². The Morgan fingerprint density at radius 2 is 1.86 bits per heavy atom. The number of hydrogen-bond donors (Lipinski definition) is 1. The molecule has 9 nitrogen and oxygen atoms in total. The van der Waals surface area contributed by atoms with Gasteiger partial charge in [-0.3, -0.25) is 29.3 Å². The molecule has 0 radical (unpaired) electrons. The van der Waals surface area contributed by atoms with Crippen LogP contribution in [0.1, 0.15) is 27.6 Å². The van der Waals surface area contributed by atoms with Gasteiger partial charge in [-0.15, -0.1) is 0 Å². The zero-order chi connectivity index (χ0) is 21.3. The molecular weight excluding hydrogens is 422 g/mol. The van der Waals surface area contributed by atoms with Gasteiger partial charge in [-0.05, 0) is 18.3 Å². The summed E-state index contributed by atoms with van der Waals surface area (Å²) in [6, 6.07) is 6.00. The highest BCUT2D eigenvalue weighted by Gasteiger charge is 2.40. The quantitative estimate of drug-likeness (QED) is 0.399. The molecule has 1 aromatic heterocycles. The summed E-state index contributed by atoms with van der Waals surface area (Å²) in [5.41, 5.74) is -0.187. The molecule has 0 amide bonds. The van der Waals surface area contributed by atoms with E-state index in [9.17, 15) is 29.3 Å². The zero-order valence-electron chi connectivity index (χ0n) is 14.8. The molecule has 2 aromatic rings. The van der Waals surface area contributed by atoms with E-state index in [0.717, 1.165) is 13.1 Å². The normalized spacial score (nSPS) is 14.4. The number of anilines is 1. The zero-order valence-corrected chi connectivity index (χ0v) is 16.4. The summed E-state index contributed by atoms with van der Waals surface area (Å²) >= 11 is 6.81. The van der Waals surface area contributed by atoms with Crippen LogP contribution in [0.4, 0.5) is 10.1 Å². The molecule has 0 aliphatic heterocycles. The van der Waals surface area contributed by atoms with Crippen molar-refractivity contribution in [2.24, 2.45) is 5.92 Å². The van der Waals surface area contributed by atoms with Crippen molar-refractivity contribution in [1.29, 1.82) is 0 Å². The van der Waals surface area contributed by atoms with Crippen LogP contribution in [-0.4, -0.2) is 39.6 Å². The summed E-state index contributed by atoms with van der Waals surface area (Å²) in [6.45, 7) is 0.679. The van der Waals surface area contributed by atoms with Gasteiger partial charge < -0.3 is 5.32 Å². The lowest BCUT2D eigenvalue weighted by molar-refractivity contribution is -0.380. The fraction of sp³-hybridized carbons (Fsp3) is 0.167. The summed E-state index contributed by atoms with van der Waals surface area (Å²) in [5.74, 6) is -4.22. The first-order chi connectivity index (χ1) is 13.7. The van der Waals surface area contributed by atoms with Crippen molar-refractivity contribution in [3.8, 4) is 0 Å². The number of carbonyl (C=O) groups excluding carboxylic acids is 4. The van der Waals surface area contributed by atoms with Crippen LogP contribution in [0, 0.1) is 16.0 Å². The number of Topliss-reactive ketones (excluding diaryl/α,β-unsaturated/α-hetero) is 4. The van der Waals surface area contributed by atoms with Gasteiger partial charge in [0, 0.05) is 16.7 Å². The van der Waals surface area contributed by atoms with E-state index in [1.807, 2.05) is 0 Å². The summed E-state index contributed by atoms with van der Waals surface area (Å²) in [6.07, 6.45) is 1.03. The molecule has 0 bridgehead atoms. The van der Waals surface area contributed by atoms with Gasteiger partial charge in [0.05, 0.1) is 16.5 Å². The van der Waals surface area contributed by atoms with Crippen molar-refractivity contribution >= 4 is 56.2 Å². The van der Waals surface area contributed by atoms with Crippen LogP contribution in [0.5, 0.6) is 0 Å². The number of aromatic nitrogens is 1. The molecule has 0 saturated heterocycles. The van der Waals surface area contributed by atoms with E-state index in [1.165, 1.54) is 12.1 Å². The summed E-state index contributed by atoms with van der Waals surface area (Å²) in [7, 11) is 0. The molecule has 1 aromatic carbocycles. The highest BCUT2D eigenvalue weighted by molar-refractivity contribution is 7.18. The van der Waals surface area contributed by atoms with Gasteiger partial charge in [0.25, 0.3) is 0 Å². The maximum absolute atomic E-state index is 12.9. The Labute approximate surface area is 172 Å². The second-order valence-corrected chi connectivity index (χ2v) is 7.44. The van der Waals surface area contributed by atoms with Gasteiger partial charge in [0.1, 0.15) is 17.9 Å². The summed E-state index contributed by atoms with van der Waals surface area (Å²) < 4.78 is 0. The molecule has 3 rings (SSSR count). The van der Waals surface area contributed by atoms with Gasteiger partial charge in [-0.25, -0.2) is 4.98 Å². The van der Waals surface area contributed by atoms with Crippen molar-refractivity contribution < 1.29 is 24.1 Å². The van der Waals surface area contributed by atoms with Gasteiger partial charge in [-0.1, -0.05) is 35.9 Å². The first-order valence-electron chi connectivity index (χ1n) is 8.17. The number of hydrogen-bond acceptors (Lipinski definition) is 9. The van der Waals surface area contributed by atoms with Crippen LogP contribution >= 0.6 is 22.9 Å². The Morgan fingerprint density at radius 3 is 2.41 bits per heavy atom. The molecule has 1 N–H and O–H groups in total. The molecule has 1 aliphatic carbocycles. The Morgan fingerprint density at radius 1 is 1.24 bits per heavy atom. The van der Waals surface area contributed by atoms with E-state index in [2.05, 4.69) is 10.3 Å². The maximum atomic E-state index is 12.9. The van der Waals surface area contributed by atoms with Crippen molar-refractivity contribution in [2.45, 2.75) is 6.92 Å². The average Bonchev–Trinajstić information content (AvgIpc) is 3.17. The largest absolute Gasteiger partial charge is 0.354 e. The number of benzene rings is 1. The van der Waals surface area contributed by atoms with E-state index >= 15 is 0 Å². The number of carbonyl (C=O) groups is 4. The number of nitro groups is 1. The highest BCUT2D eigenvalue weighted by atomic mass is 35.5. The molecule has 0 unspecified atom stereocenters. The van der Waals surface area contributed by atoms with Crippen LogP contribution in [0.2, 0.25) is 0 Å². The molecule has 1 heterocycles. The predicted octanol–water partition coefficient (Wildman–Crippen LogP) is 2.81. The first-order valence-corrected chi connectivity index (χ1v) is 9.37. The fourth-order valence-electron chi connectivity index (χ4n) is 2.91. The number of allylic oxidation sites excluding steroid dienone is 2. The van der Waals surface area contributed by atoms with Crippen LogP contribution < -0.4 is 5.32 Å². The number of ketones is 4. The molecule has 0 fully saturated rings. The minimum absolute atomic E-state index is 0.0689. The standard InChI is InChI=1S/C18H12ClN3O6S/c1-8(23)13(11(24)6-20-18-21-7-12(29-18)22(27)28)14-15(19)17(26)10-5-3-2-4-9(10)16(14)25/h2-5,7,13H,6H2,1H3,(H,20,21)/t13-/m1/s1. The molecular formula is C18H12ClN3O6S. The number of halogens is 1. The van der Waals surface area contributed by atoms with E-state index in [1.54, 1.807) is 12.1 Å². The number of fused-ring (bicyclic) bond motifs is 1. The number of rotatable bonds is 7. The number of nitrogens with one attached hydrogen (secondary N) is 1. The predicted molar refractivity (Wildman–Crippen MR) is 104 cm³/mol. The van der Waals surface area contributed by atoms with Crippen LogP contribution in [0.3, 0.4) is 0 Å². The second kappa shape index (κ2) is 8.02. The lowest BCUT2D eigenvalue weighted by atomic mass is 9.80. The number of nitrogens with zero attached hydrogens (tertiary/aromatic N) is 2. The lowest BCUT2D eigenvalue weighted by Gasteiger charge is -2.22. The maximum Gasteiger partial charge on any atom is 0.345 e. The Bertz CT molecular complexity index is 1110. The fourth-order valence-corrected chi connectivity index (χ4v) is 3.83. The second-order valence-electron chi connectivity index (χ2n) is 6.06. The highest BCUT2D eigenvalue weighted by Crippen LogP contribution is 2.33. The van der Waals surface area contributed by atoms with Crippen molar-refractivity contribution in [3.05, 3.63) is 62.3 Å². The third kappa shape index (κ3) is 3.84. The Hall–Kier alpha value is -3.24. The van der Waals surface area contributed by atoms with E-state index in [0.29, 0.717) is 11.3 Å². The van der Waals surface area contributed by atoms with Crippen molar-refractivity contribution in [3.63, 3.8) is 0 Å². The van der Waals surface area contributed by atoms with E-state index in [-0.39, 0.29) is 26.8 Å². The summed E-state index contributed by atoms with van der Waals surface area (Å²) in [4.78, 5) is 64.1. The van der Waals surface area contributed by atoms with Gasteiger partial charge in [0.2, 0.25) is 5.78 Å². The topological polar surface area (TPSA) is 136 Å². The molecule has 11 heteroatoms. The molecule has 0 saturated carbocycles. The van der Waals surface area contributed by atoms with Crippen LogP contribution in [0.15, 0.2) is 41.1 Å². The van der Waals surface area contributed by atoms with Crippen molar-refractivity contribution in [2.75, 3.05) is 11.9 Å². The van der Waals surface area contributed by atoms with E-state index < -0.39 is 45.6 Å². The minimum atomic E-state index is -1.55. The lowest BCUT2D eigenvalue weighted by Crippen LogP contribution is -2.35.